The van der Waals surface area contributed by atoms with E-state index in [9.17, 15) is 14.0 Å². The van der Waals surface area contributed by atoms with E-state index >= 15 is 0 Å². The van der Waals surface area contributed by atoms with Crippen molar-refractivity contribution in [2.75, 3.05) is 5.32 Å². The standard InChI is InChI=1S/C20H14F2N6/c21-15-4-13(9-25-11-15)10-26-19-14(7-23)6-17-16(18(22)27-20(17)28-19)5-12-2-1-3-24-8-12/h1-4,6,8-9,11H,5,10H2,(H2,26,27,28). The van der Waals surface area contributed by atoms with E-state index < -0.39 is 11.8 Å². The van der Waals surface area contributed by atoms with Crippen LogP contribution in [0.15, 0.2) is 49.1 Å². The summed E-state index contributed by atoms with van der Waals surface area (Å²) in [6.07, 6.45) is 6.27. The van der Waals surface area contributed by atoms with Crippen molar-refractivity contribution in [3.05, 3.63) is 83.1 Å². The molecule has 4 heterocycles. The molecule has 0 radical (unpaired) electrons. The van der Waals surface area contributed by atoms with Gasteiger partial charge in [0.05, 0.1) is 11.8 Å². The molecule has 0 amide bonds. The average molecular weight is 376 g/mol. The number of hydrogen-bond acceptors (Lipinski definition) is 5. The van der Waals surface area contributed by atoms with Crippen molar-refractivity contribution in [3.8, 4) is 6.07 Å². The molecule has 0 unspecified atom stereocenters. The van der Waals surface area contributed by atoms with E-state index in [1.165, 1.54) is 12.3 Å². The topological polar surface area (TPSA) is 90.3 Å². The van der Waals surface area contributed by atoms with Gasteiger partial charge in [0.25, 0.3) is 0 Å². The Hall–Kier alpha value is -3.86. The highest BCUT2D eigenvalue weighted by molar-refractivity contribution is 5.84. The van der Waals surface area contributed by atoms with Gasteiger partial charge in [0.1, 0.15) is 23.4 Å². The fourth-order valence-corrected chi connectivity index (χ4v) is 2.97. The van der Waals surface area contributed by atoms with Crippen LogP contribution in [0.2, 0.25) is 0 Å². The van der Waals surface area contributed by atoms with Crippen LogP contribution in [0.5, 0.6) is 0 Å². The number of H-pyrrole nitrogens is 1. The van der Waals surface area contributed by atoms with Gasteiger partial charge in [-0.1, -0.05) is 6.07 Å². The largest absolute Gasteiger partial charge is 0.365 e. The van der Waals surface area contributed by atoms with Crippen LogP contribution in [-0.4, -0.2) is 19.9 Å². The van der Waals surface area contributed by atoms with Gasteiger partial charge in [-0.25, -0.2) is 9.37 Å². The molecule has 0 spiro atoms. The average Bonchev–Trinajstić information content (AvgIpc) is 3.00. The Morgan fingerprint density at radius 1 is 1.11 bits per heavy atom. The number of fused-ring (bicyclic) bond motifs is 1. The highest BCUT2D eigenvalue weighted by Crippen LogP contribution is 2.27. The lowest BCUT2D eigenvalue weighted by Crippen LogP contribution is -2.04. The number of nitrogens with one attached hydrogen (secondary N) is 2. The zero-order valence-corrected chi connectivity index (χ0v) is 14.6. The zero-order chi connectivity index (χ0) is 19.5. The quantitative estimate of drug-likeness (QED) is 0.554. The first-order valence-electron chi connectivity index (χ1n) is 8.47. The summed E-state index contributed by atoms with van der Waals surface area (Å²) in [5.41, 5.74) is 2.47. The van der Waals surface area contributed by atoms with Crippen molar-refractivity contribution in [1.82, 2.24) is 19.9 Å². The van der Waals surface area contributed by atoms with Gasteiger partial charge in [0.2, 0.25) is 0 Å². The molecule has 4 aromatic rings. The highest BCUT2D eigenvalue weighted by Gasteiger charge is 2.16. The molecule has 138 valence electrons. The maximum atomic E-state index is 14.5. The Bertz CT molecular complexity index is 1180. The number of hydrogen-bond donors (Lipinski definition) is 2. The van der Waals surface area contributed by atoms with Crippen molar-refractivity contribution in [3.63, 3.8) is 0 Å². The normalized spacial score (nSPS) is 10.8. The number of halogens is 2. The monoisotopic (exact) mass is 376 g/mol. The summed E-state index contributed by atoms with van der Waals surface area (Å²) < 4.78 is 27.7. The molecule has 0 fully saturated rings. The van der Waals surface area contributed by atoms with E-state index in [0.29, 0.717) is 28.6 Å². The minimum Gasteiger partial charge on any atom is -0.365 e. The first kappa shape index (κ1) is 17.5. The molecule has 8 heteroatoms. The Morgan fingerprint density at radius 2 is 1.96 bits per heavy atom. The van der Waals surface area contributed by atoms with Crippen LogP contribution in [0.3, 0.4) is 0 Å². The van der Waals surface area contributed by atoms with Gasteiger partial charge in [-0.05, 0) is 29.3 Å². The number of aromatic nitrogens is 4. The summed E-state index contributed by atoms with van der Waals surface area (Å²) in [5, 5.41) is 13.0. The lowest BCUT2D eigenvalue weighted by atomic mass is 10.1. The van der Waals surface area contributed by atoms with Crippen molar-refractivity contribution < 1.29 is 8.78 Å². The van der Waals surface area contributed by atoms with Crippen molar-refractivity contribution in [1.29, 1.82) is 5.26 Å². The predicted molar refractivity (Wildman–Crippen MR) is 99.3 cm³/mol. The summed E-state index contributed by atoms with van der Waals surface area (Å²) in [6.45, 7) is 0.226. The Labute approximate surface area is 158 Å². The van der Waals surface area contributed by atoms with E-state index in [2.05, 4.69) is 31.3 Å². The highest BCUT2D eigenvalue weighted by atomic mass is 19.1. The summed E-state index contributed by atoms with van der Waals surface area (Å²) in [4.78, 5) is 14.8. The van der Waals surface area contributed by atoms with E-state index in [1.54, 1.807) is 24.5 Å². The van der Waals surface area contributed by atoms with E-state index in [-0.39, 0.29) is 17.9 Å². The molecule has 0 saturated carbocycles. The van der Waals surface area contributed by atoms with Crippen molar-refractivity contribution >= 4 is 16.9 Å². The third kappa shape index (κ3) is 3.50. The second-order valence-electron chi connectivity index (χ2n) is 6.21. The summed E-state index contributed by atoms with van der Waals surface area (Å²) in [5.74, 6) is -0.662. The molecule has 2 N–H and O–H groups in total. The molecule has 28 heavy (non-hydrogen) atoms. The van der Waals surface area contributed by atoms with Crippen LogP contribution in [0.1, 0.15) is 22.3 Å². The Morgan fingerprint density at radius 3 is 2.71 bits per heavy atom. The number of anilines is 1. The first-order chi connectivity index (χ1) is 13.6. The summed E-state index contributed by atoms with van der Waals surface area (Å²) >= 11 is 0. The third-order valence-electron chi connectivity index (χ3n) is 4.29. The zero-order valence-electron chi connectivity index (χ0n) is 14.6. The molecular formula is C20H14F2N6. The van der Waals surface area contributed by atoms with Gasteiger partial charge in [-0.2, -0.15) is 9.65 Å². The minimum absolute atomic E-state index is 0.226. The van der Waals surface area contributed by atoms with Crippen LogP contribution in [0.4, 0.5) is 14.6 Å². The molecule has 4 aromatic heterocycles. The number of nitriles is 1. The van der Waals surface area contributed by atoms with Crippen molar-refractivity contribution in [2.45, 2.75) is 13.0 Å². The van der Waals surface area contributed by atoms with Gasteiger partial charge in [0.15, 0.2) is 5.95 Å². The number of rotatable bonds is 5. The number of pyridine rings is 3. The molecular weight excluding hydrogens is 362 g/mol. The maximum Gasteiger partial charge on any atom is 0.196 e. The lowest BCUT2D eigenvalue weighted by molar-refractivity contribution is 0.582. The second kappa shape index (κ2) is 7.40. The Balaban J connectivity index is 1.67. The molecule has 0 aliphatic rings. The van der Waals surface area contributed by atoms with Crippen LogP contribution >= 0.6 is 0 Å². The van der Waals surface area contributed by atoms with Crippen LogP contribution in [-0.2, 0) is 13.0 Å². The Kier molecular flexibility index (Phi) is 4.64. The molecule has 0 atom stereocenters. The SMILES string of the molecule is N#Cc1cc2c(Cc3cccnc3)c(F)[nH]c2nc1NCc1cncc(F)c1. The maximum absolute atomic E-state index is 14.5. The smallest absolute Gasteiger partial charge is 0.196 e. The van der Waals surface area contributed by atoms with Gasteiger partial charge in [-0.3, -0.25) is 9.97 Å². The fraction of sp³-hybridized carbons (Fsp3) is 0.100. The van der Waals surface area contributed by atoms with Gasteiger partial charge in [-0.15, -0.1) is 0 Å². The number of nitrogens with zero attached hydrogens (tertiary/aromatic N) is 4. The summed E-state index contributed by atoms with van der Waals surface area (Å²) in [7, 11) is 0. The van der Waals surface area contributed by atoms with E-state index in [1.807, 2.05) is 6.07 Å². The first-order valence-corrected chi connectivity index (χ1v) is 8.47. The second-order valence-corrected chi connectivity index (χ2v) is 6.21. The molecule has 0 bridgehead atoms. The van der Waals surface area contributed by atoms with Gasteiger partial charge >= 0.3 is 0 Å². The van der Waals surface area contributed by atoms with Gasteiger partial charge < -0.3 is 10.3 Å². The van der Waals surface area contributed by atoms with Gasteiger partial charge in [0, 0.05) is 42.5 Å². The molecule has 4 rings (SSSR count). The van der Waals surface area contributed by atoms with Crippen LogP contribution in [0.25, 0.3) is 11.0 Å². The molecule has 0 saturated heterocycles. The van der Waals surface area contributed by atoms with Crippen LogP contribution < -0.4 is 5.32 Å². The summed E-state index contributed by atoms with van der Waals surface area (Å²) in [6, 6.07) is 8.64. The lowest BCUT2D eigenvalue weighted by Gasteiger charge is -2.08. The minimum atomic E-state index is -0.498. The molecule has 0 aliphatic carbocycles. The van der Waals surface area contributed by atoms with E-state index in [0.717, 1.165) is 11.8 Å². The molecule has 0 aliphatic heterocycles. The third-order valence-corrected chi connectivity index (χ3v) is 4.29. The molecule has 6 nitrogen and oxygen atoms in total. The predicted octanol–water partition coefficient (Wildman–Crippen LogP) is 3.71. The number of aromatic amines is 1. The van der Waals surface area contributed by atoms with Crippen LogP contribution in [0, 0.1) is 23.1 Å². The fourth-order valence-electron chi connectivity index (χ4n) is 2.97. The molecule has 0 aromatic carbocycles. The van der Waals surface area contributed by atoms with E-state index in [4.69, 9.17) is 0 Å². The van der Waals surface area contributed by atoms with Crippen molar-refractivity contribution in [2.24, 2.45) is 0 Å².